The molecule has 0 bridgehead atoms. The summed E-state index contributed by atoms with van der Waals surface area (Å²) in [5.41, 5.74) is -3.02. The highest BCUT2D eigenvalue weighted by Crippen LogP contribution is 2.49. The van der Waals surface area contributed by atoms with Crippen molar-refractivity contribution < 1.29 is 36.9 Å². The van der Waals surface area contributed by atoms with Crippen LogP contribution in [-0.4, -0.2) is 48.7 Å². The van der Waals surface area contributed by atoms with Gasteiger partial charge in [-0.25, -0.2) is 4.39 Å². The number of benzene rings is 3. The fourth-order valence-electron chi connectivity index (χ4n) is 4.75. The van der Waals surface area contributed by atoms with E-state index < -0.39 is 42.6 Å². The molecular weight excluding hydrogens is 488 g/mol. The molecule has 3 aromatic carbocycles. The summed E-state index contributed by atoms with van der Waals surface area (Å²) >= 11 is 0. The van der Waals surface area contributed by atoms with E-state index in [4.69, 9.17) is 14.2 Å². The third-order valence-corrected chi connectivity index (χ3v) is 6.67. The molecule has 0 amide bonds. The van der Waals surface area contributed by atoms with Gasteiger partial charge in [0.1, 0.15) is 11.7 Å². The average molecular weight is 519 g/mol. The first-order valence-corrected chi connectivity index (χ1v) is 12.2. The van der Waals surface area contributed by atoms with Crippen molar-refractivity contribution in [3.05, 3.63) is 108 Å². The summed E-state index contributed by atoms with van der Waals surface area (Å²) in [7, 11) is 0. The highest BCUT2D eigenvalue weighted by atomic mass is 19.4. The van der Waals surface area contributed by atoms with E-state index in [9.17, 15) is 22.7 Å². The first-order chi connectivity index (χ1) is 17.8. The van der Waals surface area contributed by atoms with E-state index in [0.717, 1.165) is 0 Å². The van der Waals surface area contributed by atoms with Crippen LogP contribution in [0.4, 0.5) is 17.6 Å². The lowest BCUT2D eigenvalue weighted by Gasteiger charge is -2.41. The molecule has 0 spiro atoms. The summed E-state index contributed by atoms with van der Waals surface area (Å²) in [5.74, 6) is 0. The molecule has 198 valence electrons. The number of hydrogen-bond donors (Lipinski definition) is 1. The number of unbranched alkanes of at least 4 members (excludes halogenated alkanes) is 1. The van der Waals surface area contributed by atoms with Crippen LogP contribution in [0.1, 0.15) is 36.5 Å². The molecule has 4 rings (SSSR count). The first kappa shape index (κ1) is 27.3. The Balaban J connectivity index is 1.85. The van der Waals surface area contributed by atoms with Crippen LogP contribution in [0.5, 0.6) is 0 Å². The predicted octanol–water partition coefficient (Wildman–Crippen LogP) is 6.17. The second-order valence-corrected chi connectivity index (χ2v) is 9.05. The Morgan fingerprint density at radius 2 is 1.30 bits per heavy atom. The number of rotatable bonds is 10. The number of aliphatic hydroxyl groups excluding tert-OH is 1. The Bertz CT molecular complexity index is 1010. The molecule has 1 aliphatic heterocycles. The van der Waals surface area contributed by atoms with E-state index in [1.807, 2.05) is 6.92 Å². The molecule has 0 radical (unpaired) electrons. The molecule has 1 fully saturated rings. The van der Waals surface area contributed by atoms with E-state index in [-0.39, 0.29) is 6.61 Å². The highest BCUT2D eigenvalue weighted by molar-refractivity contribution is 5.47. The SMILES string of the molecule is CCCCO[C@H]1[C@@H](F)C(O)O[C@@]1(COC(c1ccccc1)(c1ccccc1)c1ccccc1)C(F)(F)F. The summed E-state index contributed by atoms with van der Waals surface area (Å²) in [6.07, 6.45) is -10.9. The largest absolute Gasteiger partial charge is 0.422 e. The monoisotopic (exact) mass is 518 g/mol. The molecule has 1 heterocycles. The Hall–Kier alpha value is -2.78. The maximum absolute atomic E-state index is 15.0. The van der Waals surface area contributed by atoms with Gasteiger partial charge in [0, 0.05) is 6.61 Å². The summed E-state index contributed by atoms with van der Waals surface area (Å²) < 4.78 is 75.9. The molecule has 3 aromatic rings. The molecule has 4 atom stereocenters. The average Bonchev–Trinajstić information content (AvgIpc) is 3.16. The van der Waals surface area contributed by atoms with Crippen molar-refractivity contribution in [3.63, 3.8) is 0 Å². The van der Waals surface area contributed by atoms with Gasteiger partial charge in [-0.05, 0) is 23.1 Å². The Kier molecular flexibility index (Phi) is 8.33. The van der Waals surface area contributed by atoms with Crippen molar-refractivity contribution in [3.8, 4) is 0 Å². The molecular formula is C29H30F4O4. The second kappa shape index (κ2) is 11.3. The summed E-state index contributed by atoms with van der Waals surface area (Å²) in [5, 5.41) is 10.1. The van der Waals surface area contributed by atoms with Crippen LogP contribution in [-0.2, 0) is 19.8 Å². The number of halogens is 4. The van der Waals surface area contributed by atoms with Crippen LogP contribution in [0.25, 0.3) is 0 Å². The topological polar surface area (TPSA) is 47.9 Å². The lowest BCUT2D eigenvalue weighted by atomic mass is 9.79. The molecule has 37 heavy (non-hydrogen) atoms. The van der Waals surface area contributed by atoms with Gasteiger partial charge in [-0.2, -0.15) is 13.2 Å². The van der Waals surface area contributed by atoms with Gasteiger partial charge in [0.25, 0.3) is 0 Å². The zero-order chi connectivity index (χ0) is 26.5. The number of aliphatic hydroxyl groups is 1. The van der Waals surface area contributed by atoms with Crippen LogP contribution < -0.4 is 0 Å². The van der Waals surface area contributed by atoms with Gasteiger partial charge in [-0.3, -0.25) is 0 Å². The predicted molar refractivity (Wildman–Crippen MR) is 131 cm³/mol. The molecule has 1 aliphatic rings. The van der Waals surface area contributed by atoms with Crippen LogP contribution in [0, 0.1) is 0 Å². The summed E-state index contributed by atoms with van der Waals surface area (Å²) in [6, 6.07) is 26.6. The van der Waals surface area contributed by atoms with Gasteiger partial charge in [0.05, 0.1) is 6.61 Å². The molecule has 4 nitrogen and oxygen atoms in total. The molecule has 1 saturated heterocycles. The van der Waals surface area contributed by atoms with Crippen molar-refractivity contribution >= 4 is 0 Å². The van der Waals surface area contributed by atoms with Gasteiger partial charge < -0.3 is 19.3 Å². The number of ether oxygens (including phenoxy) is 3. The van der Waals surface area contributed by atoms with Crippen LogP contribution in [0.2, 0.25) is 0 Å². The highest BCUT2D eigenvalue weighted by Gasteiger charge is 2.71. The second-order valence-electron chi connectivity index (χ2n) is 9.05. The molecule has 8 heteroatoms. The number of hydrogen-bond acceptors (Lipinski definition) is 4. The van der Waals surface area contributed by atoms with Crippen LogP contribution >= 0.6 is 0 Å². The Morgan fingerprint density at radius 3 is 1.70 bits per heavy atom. The lowest BCUT2D eigenvalue weighted by Crippen LogP contribution is -2.59. The smallest absolute Gasteiger partial charge is 0.371 e. The van der Waals surface area contributed by atoms with Crippen molar-refractivity contribution in [2.45, 2.75) is 55.7 Å². The van der Waals surface area contributed by atoms with Gasteiger partial charge in [0.2, 0.25) is 5.60 Å². The van der Waals surface area contributed by atoms with Gasteiger partial charge in [-0.1, -0.05) is 104 Å². The van der Waals surface area contributed by atoms with E-state index in [1.54, 1.807) is 91.0 Å². The standard InChI is InChI=1S/C29H30F4O4/c1-2-3-19-35-25-24(30)26(34)37-27(25,29(31,32)33)20-36-28(21-13-7-4-8-14-21,22-15-9-5-10-16-22)23-17-11-6-12-18-23/h4-18,24-26,34H,2-3,19-20H2,1H3/t24-,25+,26?,27-/m1/s1. The van der Waals surface area contributed by atoms with Gasteiger partial charge in [-0.15, -0.1) is 0 Å². The zero-order valence-electron chi connectivity index (χ0n) is 20.4. The lowest BCUT2D eigenvalue weighted by molar-refractivity contribution is -0.326. The van der Waals surface area contributed by atoms with Crippen LogP contribution in [0.3, 0.4) is 0 Å². The van der Waals surface area contributed by atoms with E-state index in [2.05, 4.69) is 0 Å². The molecule has 0 aliphatic carbocycles. The third kappa shape index (κ3) is 5.16. The maximum Gasteiger partial charge on any atom is 0.422 e. The van der Waals surface area contributed by atoms with Gasteiger partial charge >= 0.3 is 6.18 Å². The zero-order valence-corrected chi connectivity index (χ0v) is 20.4. The summed E-state index contributed by atoms with van der Waals surface area (Å²) in [6.45, 7) is 0.602. The Morgan fingerprint density at radius 1 is 0.838 bits per heavy atom. The number of alkyl halides is 4. The van der Waals surface area contributed by atoms with E-state index >= 15 is 0 Å². The van der Waals surface area contributed by atoms with Crippen LogP contribution in [0.15, 0.2) is 91.0 Å². The van der Waals surface area contributed by atoms with E-state index in [1.165, 1.54) is 0 Å². The van der Waals surface area contributed by atoms with Crippen molar-refractivity contribution in [2.24, 2.45) is 0 Å². The Labute approximate surface area is 213 Å². The van der Waals surface area contributed by atoms with E-state index in [0.29, 0.717) is 29.5 Å². The minimum atomic E-state index is -5.11. The van der Waals surface area contributed by atoms with Gasteiger partial charge in [0.15, 0.2) is 12.5 Å². The fraction of sp³-hybridized carbons (Fsp3) is 0.379. The third-order valence-electron chi connectivity index (χ3n) is 6.67. The normalized spacial score (nSPS) is 24.3. The van der Waals surface area contributed by atoms with Crippen molar-refractivity contribution in [2.75, 3.05) is 13.2 Å². The summed E-state index contributed by atoms with van der Waals surface area (Å²) in [4.78, 5) is 0. The molecule has 1 unspecified atom stereocenters. The maximum atomic E-state index is 15.0. The minimum absolute atomic E-state index is 0.114. The van der Waals surface area contributed by atoms with Crippen molar-refractivity contribution in [1.82, 2.24) is 0 Å². The molecule has 0 aromatic heterocycles. The quantitative estimate of drug-likeness (QED) is 0.198. The van der Waals surface area contributed by atoms with Crippen molar-refractivity contribution in [1.29, 1.82) is 0 Å². The fourth-order valence-corrected chi connectivity index (χ4v) is 4.75. The molecule has 1 N–H and O–H groups in total. The first-order valence-electron chi connectivity index (χ1n) is 12.2. The minimum Gasteiger partial charge on any atom is -0.371 e. The molecule has 0 saturated carbocycles.